The monoisotopic (exact) mass is 726 g/mol. The number of nitrogens with one attached hydrogen (secondary N) is 2. The van der Waals surface area contributed by atoms with Crippen molar-refractivity contribution < 1.29 is 69.0 Å². The molecule has 0 saturated carbocycles. The average molecular weight is 727 g/mol. The van der Waals surface area contributed by atoms with Crippen LogP contribution in [0.5, 0.6) is 0 Å². The molecule has 0 aromatic rings. The van der Waals surface area contributed by atoms with Gasteiger partial charge in [-0.1, -0.05) is 34.4 Å². The molecule has 20 heteroatoms. The number of hydrogen-bond donors (Lipinski definition) is 8. The Bertz CT molecular complexity index is 967. The molecule has 0 radical (unpaired) electrons. The lowest BCUT2D eigenvalue weighted by molar-refractivity contribution is -0.147. The molecule has 0 aliphatic heterocycles. The zero-order valence-corrected chi connectivity index (χ0v) is 28.2. The Labute approximate surface area is 285 Å². The molecule has 0 rings (SSSR count). The van der Waals surface area contributed by atoms with Gasteiger partial charge in [0.2, 0.25) is 11.8 Å². The quantitative estimate of drug-likeness (QED) is 0.0353. The molecule has 0 aromatic carbocycles. The van der Waals surface area contributed by atoms with Gasteiger partial charge in [-0.05, 0) is 25.7 Å². The minimum absolute atomic E-state index is 0.194. The molecule has 0 bridgehead atoms. The van der Waals surface area contributed by atoms with Crippen molar-refractivity contribution in [3.63, 3.8) is 0 Å². The number of carboxylic acid groups (broad SMARTS) is 6. The van der Waals surface area contributed by atoms with E-state index in [1.54, 1.807) is 0 Å². The van der Waals surface area contributed by atoms with Gasteiger partial charge in [0.25, 0.3) is 0 Å². The van der Waals surface area contributed by atoms with Gasteiger partial charge in [-0.2, -0.15) is 0 Å². The van der Waals surface area contributed by atoms with E-state index in [1.807, 2.05) is 0 Å². The van der Waals surface area contributed by atoms with Crippen LogP contribution in [0.4, 0.5) is 0 Å². The molecular formula is C28H46N4O14S2. The summed E-state index contributed by atoms with van der Waals surface area (Å²) in [4.78, 5) is 93.0. The summed E-state index contributed by atoms with van der Waals surface area (Å²) in [5.74, 6) is -6.81. The van der Waals surface area contributed by atoms with Crippen LogP contribution in [0.15, 0.2) is 0 Å². The first-order valence-corrected chi connectivity index (χ1v) is 17.7. The van der Waals surface area contributed by atoms with E-state index in [9.17, 15) is 38.4 Å². The van der Waals surface area contributed by atoms with Gasteiger partial charge in [-0.25, -0.2) is 0 Å². The van der Waals surface area contributed by atoms with Crippen molar-refractivity contribution in [2.75, 3.05) is 50.8 Å². The highest BCUT2D eigenvalue weighted by Gasteiger charge is 2.26. The van der Waals surface area contributed by atoms with E-state index in [-0.39, 0.29) is 37.5 Å². The van der Waals surface area contributed by atoms with Crippen LogP contribution >= 0.6 is 21.6 Å². The molecule has 2 atom stereocenters. The van der Waals surface area contributed by atoms with Crippen molar-refractivity contribution in [2.45, 2.75) is 76.3 Å². The highest BCUT2D eigenvalue weighted by Crippen LogP contribution is 2.22. The molecule has 274 valence electrons. The number of amides is 2. The van der Waals surface area contributed by atoms with E-state index in [0.29, 0.717) is 50.3 Å². The number of nitrogens with zero attached hydrogens (tertiary/aromatic N) is 2. The molecular weight excluding hydrogens is 680 g/mol. The molecule has 0 heterocycles. The van der Waals surface area contributed by atoms with Gasteiger partial charge in [0.1, 0.15) is 0 Å². The molecule has 0 aromatic heterocycles. The van der Waals surface area contributed by atoms with Crippen LogP contribution in [0.2, 0.25) is 0 Å². The van der Waals surface area contributed by atoms with Crippen LogP contribution in [0.3, 0.4) is 0 Å². The van der Waals surface area contributed by atoms with Crippen LogP contribution in [-0.2, 0) is 38.4 Å². The molecule has 48 heavy (non-hydrogen) atoms. The number of rotatable bonds is 31. The number of hydrogen-bond acceptors (Lipinski definition) is 12. The lowest BCUT2D eigenvalue weighted by atomic mass is 10.0. The SMILES string of the molecule is O=C(O)CC(CCCCNC(=O)CCSSCCC(=O)NCCCCC(CC(=O)O)N(CC(=O)O)CC(=O)O)N(CC(=O)O)CC(=O)O. The lowest BCUT2D eigenvalue weighted by Gasteiger charge is -2.28. The van der Waals surface area contributed by atoms with E-state index in [4.69, 9.17) is 30.6 Å². The lowest BCUT2D eigenvalue weighted by Crippen LogP contribution is -2.43. The van der Waals surface area contributed by atoms with Crippen molar-refractivity contribution in [2.24, 2.45) is 0 Å². The van der Waals surface area contributed by atoms with E-state index in [0.717, 1.165) is 9.80 Å². The summed E-state index contributed by atoms with van der Waals surface area (Å²) in [6, 6.07) is -1.56. The Morgan fingerprint density at radius 1 is 0.479 bits per heavy atom. The maximum atomic E-state index is 12.1. The van der Waals surface area contributed by atoms with Gasteiger partial charge in [-0.3, -0.25) is 48.2 Å². The molecule has 18 nitrogen and oxygen atoms in total. The minimum atomic E-state index is -1.27. The number of aliphatic carboxylic acids is 6. The standard InChI is InChI=1S/C28H46N4O14S2/c33-21(29-9-3-1-5-19(13-23(35)36)31(15-25(39)40)16-26(41)42)7-11-47-48-12-8-22(34)30-10-4-2-6-20(14-24(37)38)32(17-27(43)44)18-28(45)46/h19-20H,1-18H2,(H,29,33)(H,30,34)(H,35,36)(H,37,38)(H,39,40)(H,41,42)(H,43,44)(H,45,46). The predicted molar refractivity (Wildman–Crippen MR) is 174 cm³/mol. The fraction of sp³-hybridized carbons (Fsp3) is 0.714. The third kappa shape index (κ3) is 25.5. The molecule has 0 spiro atoms. The second-order valence-electron chi connectivity index (χ2n) is 10.7. The zero-order valence-electron chi connectivity index (χ0n) is 26.5. The largest absolute Gasteiger partial charge is 0.481 e. The van der Waals surface area contributed by atoms with Crippen LogP contribution in [0.25, 0.3) is 0 Å². The summed E-state index contributed by atoms with van der Waals surface area (Å²) in [5, 5.41) is 59.9. The Kier molecular flexibility index (Phi) is 24.4. The fourth-order valence-corrected chi connectivity index (χ4v) is 6.56. The molecule has 0 aliphatic rings. The first-order chi connectivity index (χ1) is 22.6. The van der Waals surface area contributed by atoms with E-state index < -0.39 is 86.9 Å². The van der Waals surface area contributed by atoms with Gasteiger partial charge in [0.15, 0.2) is 0 Å². The Balaban J connectivity index is 4.18. The molecule has 0 aliphatic carbocycles. The van der Waals surface area contributed by atoms with Crippen LogP contribution in [0.1, 0.15) is 64.2 Å². The first kappa shape index (κ1) is 44.4. The van der Waals surface area contributed by atoms with Gasteiger partial charge < -0.3 is 41.3 Å². The first-order valence-electron chi connectivity index (χ1n) is 15.2. The van der Waals surface area contributed by atoms with E-state index >= 15 is 0 Å². The Hall–Kier alpha value is -3.62. The molecule has 2 amide bonds. The van der Waals surface area contributed by atoms with Crippen LogP contribution in [0, 0.1) is 0 Å². The van der Waals surface area contributed by atoms with Gasteiger partial charge in [-0.15, -0.1) is 0 Å². The van der Waals surface area contributed by atoms with Crippen molar-refractivity contribution >= 4 is 69.2 Å². The van der Waals surface area contributed by atoms with Crippen LogP contribution < -0.4 is 10.6 Å². The highest BCUT2D eigenvalue weighted by atomic mass is 33.1. The third-order valence-corrected chi connectivity index (χ3v) is 9.10. The van der Waals surface area contributed by atoms with Crippen molar-refractivity contribution in [3.05, 3.63) is 0 Å². The Morgan fingerprint density at radius 2 is 0.792 bits per heavy atom. The van der Waals surface area contributed by atoms with Crippen LogP contribution in [-0.4, -0.2) is 151 Å². The van der Waals surface area contributed by atoms with Crippen molar-refractivity contribution in [1.82, 2.24) is 20.4 Å². The number of unbranched alkanes of at least 4 members (excludes halogenated alkanes) is 2. The summed E-state index contributed by atoms with van der Waals surface area (Å²) in [6.07, 6.45) is 2.02. The summed E-state index contributed by atoms with van der Waals surface area (Å²) in [5.41, 5.74) is 0. The van der Waals surface area contributed by atoms with Gasteiger partial charge in [0, 0.05) is 49.5 Å². The third-order valence-electron chi connectivity index (χ3n) is 6.69. The van der Waals surface area contributed by atoms with Gasteiger partial charge in [0.05, 0.1) is 39.0 Å². The fourth-order valence-electron chi connectivity index (χ4n) is 4.58. The zero-order chi connectivity index (χ0) is 36.5. The second-order valence-corrected chi connectivity index (χ2v) is 13.4. The van der Waals surface area contributed by atoms with E-state index in [2.05, 4.69) is 10.6 Å². The second kappa shape index (κ2) is 26.3. The summed E-state index contributed by atoms with van der Waals surface area (Å²) in [7, 11) is 2.85. The topological polar surface area (TPSA) is 288 Å². The average Bonchev–Trinajstić information content (AvgIpc) is 2.95. The molecule has 0 saturated heterocycles. The maximum absolute atomic E-state index is 12.1. The summed E-state index contributed by atoms with van der Waals surface area (Å²) < 4.78 is 0. The minimum Gasteiger partial charge on any atom is -0.481 e. The predicted octanol–water partition coefficient (Wildman–Crippen LogP) is 0.350. The molecule has 8 N–H and O–H groups in total. The maximum Gasteiger partial charge on any atom is 0.317 e. The number of carbonyl (C=O) groups excluding carboxylic acids is 2. The molecule has 0 fully saturated rings. The normalized spacial score (nSPS) is 12.3. The number of carboxylic acids is 6. The van der Waals surface area contributed by atoms with Crippen molar-refractivity contribution in [3.8, 4) is 0 Å². The highest BCUT2D eigenvalue weighted by molar-refractivity contribution is 8.76. The van der Waals surface area contributed by atoms with Crippen molar-refractivity contribution in [1.29, 1.82) is 0 Å². The van der Waals surface area contributed by atoms with Gasteiger partial charge >= 0.3 is 35.8 Å². The summed E-state index contributed by atoms with van der Waals surface area (Å²) >= 11 is 0. The number of carbonyl (C=O) groups is 8. The van der Waals surface area contributed by atoms with E-state index in [1.165, 1.54) is 21.6 Å². The Morgan fingerprint density at radius 3 is 1.06 bits per heavy atom. The molecule has 2 unspecified atom stereocenters. The summed E-state index contributed by atoms with van der Waals surface area (Å²) in [6.45, 7) is -1.77. The smallest absolute Gasteiger partial charge is 0.317 e.